The molecule has 0 atom stereocenters. The Bertz CT molecular complexity index is 723. The molecule has 2 aromatic rings. The lowest BCUT2D eigenvalue weighted by Crippen LogP contribution is -2.07. The van der Waals surface area contributed by atoms with E-state index in [1.165, 1.54) is 26.9 Å². The second-order valence-electron chi connectivity index (χ2n) is 5.28. The number of rotatable bonds is 7. The van der Waals surface area contributed by atoms with Gasteiger partial charge in [-0.15, -0.1) is 0 Å². The zero-order valence-electron chi connectivity index (χ0n) is 14.3. The molecule has 2 rings (SSSR count). The van der Waals surface area contributed by atoms with Gasteiger partial charge in [0.2, 0.25) is 5.75 Å². The number of ketones is 1. The Hall–Kier alpha value is -2.20. The van der Waals surface area contributed by atoms with Crippen LogP contribution in [0.4, 0.5) is 0 Å². The Labute approximate surface area is 147 Å². The van der Waals surface area contributed by atoms with Gasteiger partial charge in [0.25, 0.3) is 0 Å². The Morgan fingerprint density at radius 3 is 2.12 bits per heavy atom. The number of hydrogen-bond acceptors (Lipinski definition) is 4. The molecule has 0 bridgehead atoms. The maximum atomic E-state index is 12.9. The van der Waals surface area contributed by atoms with Crippen LogP contribution >= 0.6 is 11.6 Å². The summed E-state index contributed by atoms with van der Waals surface area (Å²) in [5.74, 6) is 0.801. The molecule has 128 valence electrons. The summed E-state index contributed by atoms with van der Waals surface area (Å²) in [5, 5.41) is 0.257. The van der Waals surface area contributed by atoms with Gasteiger partial charge in [-0.2, -0.15) is 0 Å². The highest BCUT2D eigenvalue weighted by Gasteiger charge is 2.25. The normalized spacial score (nSPS) is 10.4. The molecule has 5 heteroatoms. The van der Waals surface area contributed by atoms with Crippen molar-refractivity contribution in [2.75, 3.05) is 21.3 Å². The molecule has 0 saturated carbocycles. The van der Waals surface area contributed by atoms with Crippen molar-refractivity contribution in [3.05, 3.63) is 52.0 Å². The molecule has 0 radical (unpaired) electrons. The monoisotopic (exact) mass is 348 g/mol. The number of hydrogen-bond donors (Lipinski definition) is 0. The van der Waals surface area contributed by atoms with Gasteiger partial charge in [-0.1, -0.05) is 49.2 Å². The third-order valence-electron chi connectivity index (χ3n) is 3.76. The number of methoxy groups -OCH3 is 3. The second kappa shape index (κ2) is 8.06. The van der Waals surface area contributed by atoms with Gasteiger partial charge in [0, 0.05) is 11.6 Å². The van der Waals surface area contributed by atoms with Crippen molar-refractivity contribution in [2.24, 2.45) is 0 Å². The fourth-order valence-electron chi connectivity index (χ4n) is 2.59. The predicted octanol–water partition coefficient (Wildman–Crippen LogP) is 4.55. The largest absolute Gasteiger partial charge is 0.493 e. The van der Waals surface area contributed by atoms with Gasteiger partial charge in [0.15, 0.2) is 17.3 Å². The summed E-state index contributed by atoms with van der Waals surface area (Å²) in [4.78, 5) is 12.9. The number of benzene rings is 2. The first-order valence-corrected chi connectivity index (χ1v) is 8.07. The van der Waals surface area contributed by atoms with E-state index in [4.69, 9.17) is 25.8 Å². The molecule has 0 aliphatic carbocycles. The molecule has 0 N–H and O–H groups in total. The third-order valence-corrected chi connectivity index (χ3v) is 4.06. The van der Waals surface area contributed by atoms with Crippen LogP contribution < -0.4 is 14.2 Å². The van der Waals surface area contributed by atoms with E-state index in [-0.39, 0.29) is 22.1 Å². The first-order valence-electron chi connectivity index (χ1n) is 7.69. The molecular weight excluding hydrogens is 328 g/mol. The molecule has 0 spiro atoms. The van der Waals surface area contributed by atoms with Crippen molar-refractivity contribution in [2.45, 2.75) is 19.8 Å². The van der Waals surface area contributed by atoms with E-state index in [1.54, 1.807) is 18.2 Å². The van der Waals surface area contributed by atoms with E-state index < -0.39 is 0 Å². The van der Waals surface area contributed by atoms with E-state index in [2.05, 4.69) is 6.92 Å². The van der Waals surface area contributed by atoms with Gasteiger partial charge in [0.1, 0.15) is 0 Å². The maximum Gasteiger partial charge on any atom is 0.204 e. The molecule has 0 fully saturated rings. The molecular formula is C19H21ClO4. The van der Waals surface area contributed by atoms with Crippen molar-refractivity contribution in [3.63, 3.8) is 0 Å². The lowest BCUT2D eigenvalue weighted by Gasteiger charge is -2.16. The van der Waals surface area contributed by atoms with Gasteiger partial charge < -0.3 is 14.2 Å². The van der Waals surface area contributed by atoms with Crippen LogP contribution in [-0.2, 0) is 6.42 Å². The molecule has 0 heterocycles. The number of carbonyl (C=O) groups is 1. The van der Waals surface area contributed by atoms with Crippen LogP contribution in [0.2, 0.25) is 5.02 Å². The van der Waals surface area contributed by atoms with E-state index in [9.17, 15) is 4.79 Å². The predicted molar refractivity (Wildman–Crippen MR) is 95.0 cm³/mol. The molecule has 0 saturated heterocycles. The lowest BCUT2D eigenvalue weighted by molar-refractivity contribution is 0.103. The molecule has 4 nitrogen and oxygen atoms in total. The quantitative estimate of drug-likeness (QED) is 0.688. The lowest BCUT2D eigenvalue weighted by atomic mass is 9.99. The maximum absolute atomic E-state index is 12.9. The van der Waals surface area contributed by atoms with Crippen molar-refractivity contribution < 1.29 is 19.0 Å². The Balaban J connectivity index is 2.52. The molecule has 0 unspecified atom stereocenters. The van der Waals surface area contributed by atoms with E-state index in [1.807, 2.05) is 12.1 Å². The fourth-order valence-corrected chi connectivity index (χ4v) is 2.86. The molecule has 0 aromatic heterocycles. The Morgan fingerprint density at radius 2 is 1.62 bits per heavy atom. The van der Waals surface area contributed by atoms with Gasteiger partial charge >= 0.3 is 0 Å². The third kappa shape index (κ3) is 3.49. The second-order valence-corrected chi connectivity index (χ2v) is 5.69. The zero-order valence-corrected chi connectivity index (χ0v) is 15.1. The SMILES string of the molecule is CCCc1ccc(C(=O)c2c(Cl)cc(OC)c(OC)c2OC)cc1. The van der Waals surface area contributed by atoms with E-state index >= 15 is 0 Å². The van der Waals surface area contributed by atoms with Crippen molar-refractivity contribution in [1.82, 2.24) is 0 Å². The van der Waals surface area contributed by atoms with Crippen LogP contribution in [0.1, 0.15) is 34.8 Å². The summed E-state index contributed by atoms with van der Waals surface area (Å²) in [6.45, 7) is 2.12. The van der Waals surface area contributed by atoms with Gasteiger partial charge in [-0.25, -0.2) is 0 Å². The summed E-state index contributed by atoms with van der Waals surface area (Å²) in [6, 6.07) is 9.08. The summed E-state index contributed by atoms with van der Waals surface area (Å²) in [7, 11) is 4.46. The van der Waals surface area contributed by atoms with E-state index in [0.717, 1.165) is 12.8 Å². The van der Waals surface area contributed by atoms with Crippen molar-refractivity contribution in [3.8, 4) is 17.2 Å². The summed E-state index contributed by atoms with van der Waals surface area (Å²) in [6.07, 6.45) is 2.04. The van der Waals surface area contributed by atoms with Crippen LogP contribution in [0.3, 0.4) is 0 Å². The van der Waals surface area contributed by atoms with Crippen LogP contribution in [0.5, 0.6) is 17.2 Å². The van der Waals surface area contributed by atoms with Crippen LogP contribution in [-0.4, -0.2) is 27.1 Å². The summed E-state index contributed by atoms with van der Waals surface area (Å²) < 4.78 is 16.0. The summed E-state index contributed by atoms with van der Waals surface area (Å²) >= 11 is 6.31. The number of ether oxygens (including phenoxy) is 3. The van der Waals surface area contributed by atoms with Crippen LogP contribution in [0, 0.1) is 0 Å². The van der Waals surface area contributed by atoms with Crippen molar-refractivity contribution >= 4 is 17.4 Å². The minimum Gasteiger partial charge on any atom is -0.493 e. The molecule has 24 heavy (non-hydrogen) atoms. The fraction of sp³-hybridized carbons (Fsp3) is 0.316. The Morgan fingerprint density at radius 1 is 1.00 bits per heavy atom. The number of carbonyl (C=O) groups excluding carboxylic acids is 1. The molecule has 2 aromatic carbocycles. The van der Waals surface area contributed by atoms with Crippen LogP contribution in [0.15, 0.2) is 30.3 Å². The first kappa shape index (κ1) is 18.1. The molecule has 0 aliphatic rings. The average Bonchev–Trinajstić information content (AvgIpc) is 2.60. The smallest absolute Gasteiger partial charge is 0.204 e. The first-order chi connectivity index (χ1) is 11.6. The highest BCUT2D eigenvalue weighted by molar-refractivity contribution is 6.35. The number of halogens is 1. The van der Waals surface area contributed by atoms with Gasteiger partial charge in [-0.3, -0.25) is 4.79 Å². The standard InChI is InChI=1S/C19H21ClO4/c1-5-6-12-7-9-13(10-8-12)17(21)16-14(20)11-15(22-2)18(23-3)19(16)24-4/h7-11H,5-6H2,1-4H3. The zero-order chi connectivity index (χ0) is 17.7. The number of aryl methyl sites for hydroxylation is 1. The summed E-state index contributed by atoms with van der Waals surface area (Å²) in [5.41, 5.74) is 2.00. The minimum absolute atomic E-state index is 0.221. The Kier molecular flexibility index (Phi) is 6.10. The van der Waals surface area contributed by atoms with Gasteiger partial charge in [0.05, 0.1) is 31.9 Å². The van der Waals surface area contributed by atoms with Crippen molar-refractivity contribution in [1.29, 1.82) is 0 Å². The molecule has 0 amide bonds. The topological polar surface area (TPSA) is 44.8 Å². The van der Waals surface area contributed by atoms with E-state index in [0.29, 0.717) is 17.1 Å². The van der Waals surface area contributed by atoms with Gasteiger partial charge in [-0.05, 0) is 12.0 Å². The highest BCUT2D eigenvalue weighted by Crippen LogP contribution is 2.44. The van der Waals surface area contributed by atoms with Crippen LogP contribution in [0.25, 0.3) is 0 Å². The average molecular weight is 349 g/mol. The molecule has 0 aliphatic heterocycles. The minimum atomic E-state index is -0.221. The highest BCUT2D eigenvalue weighted by atomic mass is 35.5.